The van der Waals surface area contributed by atoms with Crippen molar-refractivity contribution in [2.75, 3.05) is 43.9 Å². The summed E-state index contributed by atoms with van der Waals surface area (Å²) in [4.78, 5) is 23.7. The quantitative estimate of drug-likeness (QED) is 0.480. The molecule has 3 heterocycles. The molecule has 2 aliphatic heterocycles. The molecule has 3 aromatic rings. The van der Waals surface area contributed by atoms with Crippen molar-refractivity contribution >= 4 is 54.4 Å². The zero-order valence-electron chi connectivity index (χ0n) is 19.3. The lowest BCUT2D eigenvalue weighted by molar-refractivity contribution is -0.134. The topological polar surface area (TPSA) is 73.8 Å². The molecule has 2 saturated heterocycles. The maximum atomic E-state index is 13.4. The van der Waals surface area contributed by atoms with E-state index in [1.165, 1.54) is 13.9 Å². The summed E-state index contributed by atoms with van der Waals surface area (Å²) in [6.45, 7) is 4.83. The number of thiazole rings is 1. The SMILES string of the molecule is CSc1cccc2sc(N3CCN(C(=O)C4CCCN4S(=O)(=O)c4ccc(C)cc4)CC3)nc12. The summed E-state index contributed by atoms with van der Waals surface area (Å²) in [5.41, 5.74) is 2.04. The summed E-state index contributed by atoms with van der Waals surface area (Å²) in [6.07, 6.45) is 3.33. The second-order valence-corrected chi connectivity index (χ2v) is 12.5. The predicted molar refractivity (Wildman–Crippen MR) is 138 cm³/mol. The zero-order chi connectivity index (χ0) is 23.9. The van der Waals surface area contributed by atoms with Crippen LogP contribution in [-0.2, 0) is 14.8 Å². The fourth-order valence-corrected chi connectivity index (χ4v) is 7.98. The van der Waals surface area contributed by atoms with E-state index in [-0.39, 0.29) is 10.8 Å². The molecule has 7 nitrogen and oxygen atoms in total. The van der Waals surface area contributed by atoms with Crippen LogP contribution >= 0.6 is 23.1 Å². The van der Waals surface area contributed by atoms with Gasteiger partial charge in [-0.1, -0.05) is 35.1 Å². The van der Waals surface area contributed by atoms with Gasteiger partial charge in [0.15, 0.2) is 5.13 Å². The van der Waals surface area contributed by atoms with E-state index in [9.17, 15) is 13.2 Å². The summed E-state index contributed by atoms with van der Waals surface area (Å²) in [7, 11) is -3.70. The van der Waals surface area contributed by atoms with Crippen molar-refractivity contribution in [1.29, 1.82) is 0 Å². The lowest BCUT2D eigenvalue weighted by atomic mass is 10.2. The van der Waals surface area contributed by atoms with Crippen LogP contribution in [0.5, 0.6) is 0 Å². The van der Waals surface area contributed by atoms with E-state index in [2.05, 4.69) is 29.4 Å². The highest BCUT2D eigenvalue weighted by molar-refractivity contribution is 7.98. The van der Waals surface area contributed by atoms with Crippen molar-refractivity contribution in [3.63, 3.8) is 0 Å². The van der Waals surface area contributed by atoms with Gasteiger partial charge in [0.1, 0.15) is 6.04 Å². The lowest BCUT2D eigenvalue weighted by Gasteiger charge is -2.37. The highest BCUT2D eigenvalue weighted by Crippen LogP contribution is 2.34. The molecule has 10 heteroatoms. The average molecular weight is 517 g/mol. The van der Waals surface area contributed by atoms with Gasteiger partial charge in [0.05, 0.1) is 15.1 Å². The fourth-order valence-electron chi connectivity index (χ4n) is 4.66. The van der Waals surface area contributed by atoms with Gasteiger partial charge in [-0.3, -0.25) is 4.79 Å². The van der Waals surface area contributed by atoms with Gasteiger partial charge in [0, 0.05) is 37.6 Å². The molecule has 0 radical (unpaired) electrons. The van der Waals surface area contributed by atoms with Crippen LogP contribution in [0.15, 0.2) is 52.3 Å². The number of hydrogen-bond donors (Lipinski definition) is 0. The standard InChI is InChI=1S/C24H28N4O3S3/c1-17-8-10-18(11-9-17)34(30,31)28-12-4-5-19(28)23(29)26-13-15-27(16-14-26)24-25-22-20(32-2)6-3-7-21(22)33-24/h3,6-11,19H,4-5,12-16H2,1-2H3. The van der Waals surface area contributed by atoms with Crippen LogP contribution in [0.2, 0.25) is 0 Å². The summed E-state index contributed by atoms with van der Waals surface area (Å²) >= 11 is 3.38. The lowest BCUT2D eigenvalue weighted by Crippen LogP contribution is -2.54. The molecule has 1 amide bonds. The molecule has 2 aromatic carbocycles. The zero-order valence-corrected chi connectivity index (χ0v) is 21.8. The number of fused-ring (bicyclic) bond motifs is 1. The Labute approximate surface area is 208 Å². The molecule has 0 N–H and O–H groups in total. The van der Waals surface area contributed by atoms with Crippen LogP contribution in [0.3, 0.4) is 0 Å². The number of aryl methyl sites for hydroxylation is 1. The Morgan fingerprint density at radius 3 is 2.50 bits per heavy atom. The van der Waals surface area contributed by atoms with Crippen LogP contribution in [0, 0.1) is 6.92 Å². The number of rotatable bonds is 5. The molecule has 34 heavy (non-hydrogen) atoms. The molecule has 1 atom stereocenters. The van der Waals surface area contributed by atoms with Crippen molar-refractivity contribution in [3.8, 4) is 0 Å². The second kappa shape index (κ2) is 9.49. The van der Waals surface area contributed by atoms with Crippen molar-refractivity contribution in [2.45, 2.75) is 35.6 Å². The van der Waals surface area contributed by atoms with Crippen LogP contribution in [-0.4, -0.2) is 73.5 Å². The number of aromatic nitrogens is 1. The Morgan fingerprint density at radius 1 is 1.06 bits per heavy atom. The Morgan fingerprint density at radius 2 is 1.79 bits per heavy atom. The number of hydrogen-bond acceptors (Lipinski definition) is 7. The minimum atomic E-state index is -3.70. The first-order valence-corrected chi connectivity index (χ1v) is 14.9. The van der Waals surface area contributed by atoms with E-state index in [1.54, 1.807) is 47.4 Å². The van der Waals surface area contributed by atoms with E-state index >= 15 is 0 Å². The van der Waals surface area contributed by atoms with E-state index in [1.807, 2.05) is 11.8 Å². The van der Waals surface area contributed by atoms with Gasteiger partial charge in [-0.15, -0.1) is 11.8 Å². The Balaban J connectivity index is 1.28. The third kappa shape index (κ3) is 4.32. The number of amides is 1. The molecule has 1 unspecified atom stereocenters. The molecule has 5 rings (SSSR count). The van der Waals surface area contributed by atoms with E-state index in [0.717, 1.165) is 16.2 Å². The van der Waals surface area contributed by atoms with Crippen LogP contribution < -0.4 is 4.90 Å². The van der Waals surface area contributed by atoms with Crippen LogP contribution in [0.4, 0.5) is 5.13 Å². The maximum Gasteiger partial charge on any atom is 0.243 e. The van der Waals surface area contributed by atoms with Crippen LogP contribution in [0.25, 0.3) is 10.2 Å². The van der Waals surface area contributed by atoms with Gasteiger partial charge >= 0.3 is 0 Å². The number of thioether (sulfide) groups is 1. The first kappa shape index (κ1) is 23.6. The summed E-state index contributed by atoms with van der Waals surface area (Å²) in [5.74, 6) is -0.0817. The number of sulfonamides is 1. The number of benzene rings is 2. The molecule has 0 spiro atoms. The van der Waals surface area contributed by atoms with Crippen molar-refractivity contribution in [2.24, 2.45) is 0 Å². The van der Waals surface area contributed by atoms with Gasteiger partial charge in [0.2, 0.25) is 15.9 Å². The van der Waals surface area contributed by atoms with E-state index < -0.39 is 16.1 Å². The molecular weight excluding hydrogens is 488 g/mol. The predicted octanol–water partition coefficient (Wildman–Crippen LogP) is 3.83. The van der Waals surface area contributed by atoms with Gasteiger partial charge in [-0.05, 0) is 50.3 Å². The number of nitrogens with zero attached hydrogens (tertiary/aromatic N) is 4. The van der Waals surface area contributed by atoms with Crippen molar-refractivity contribution in [1.82, 2.24) is 14.2 Å². The molecule has 1 aromatic heterocycles. The first-order chi connectivity index (χ1) is 16.4. The highest BCUT2D eigenvalue weighted by atomic mass is 32.2. The molecule has 2 fully saturated rings. The van der Waals surface area contributed by atoms with Crippen molar-refractivity contribution < 1.29 is 13.2 Å². The number of anilines is 1. The minimum absolute atomic E-state index is 0.0817. The summed E-state index contributed by atoms with van der Waals surface area (Å²) in [5, 5.41) is 0.980. The Hall–Kier alpha value is -2.14. The number of piperazine rings is 1. The Kier molecular flexibility index (Phi) is 6.58. The summed E-state index contributed by atoms with van der Waals surface area (Å²) in [6, 6.07) is 12.5. The molecule has 0 saturated carbocycles. The third-order valence-corrected chi connectivity index (χ3v) is 10.3. The first-order valence-electron chi connectivity index (χ1n) is 11.4. The van der Waals surface area contributed by atoms with Crippen LogP contribution in [0.1, 0.15) is 18.4 Å². The molecule has 0 aliphatic carbocycles. The second-order valence-electron chi connectivity index (χ2n) is 8.70. The number of para-hydroxylation sites is 1. The van der Waals surface area contributed by atoms with Crippen molar-refractivity contribution in [3.05, 3.63) is 48.0 Å². The highest BCUT2D eigenvalue weighted by Gasteiger charge is 2.41. The maximum absolute atomic E-state index is 13.4. The average Bonchev–Trinajstić information content (AvgIpc) is 3.52. The molecule has 180 valence electrons. The van der Waals surface area contributed by atoms with E-state index in [0.29, 0.717) is 45.6 Å². The number of carbonyl (C=O) groups is 1. The molecular formula is C24H28N4O3S3. The largest absolute Gasteiger partial charge is 0.345 e. The van der Waals surface area contributed by atoms with Gasteiger partial charge in [0.25, 0.3) is 0 Å². The molecule has 0 bridgehead atoms. The number of carbonyl (C=O) groups excluding carboxylic acids is 1. The summed E-state index contributed by atoms with van der Waals surface area (Å²) < 4.78 is 29.1. The monoisotopic (exact) mass is 516 g/mol. The molecule has 2 aliphatic rings. The normalized spacial score (nSPS) is 19.8. The third-order valence-electron chi connectivity index (χ3n) is 6.57. The van der Waals surface area contributed by atoms with Gasteiger partial charge in [-0.2, -0.15) is 4.31 Å². The minimum Gasteiger partial charge on any atom is -0.345 e. The smallest absolute Gasteiger partial charge is 0.243 e. The fraction of sp³-hybridized carbons (Fsp3) is 0.417. The van der Waals surface area contributed by atoms with E-state index in [4.69, 9.17) is 4.98 Å². The Bertz CT molecular complexity index is 1300. The van der Waals surface area contributed by atoms with Gasteiger partial charge < -0.3 is 9.80 Å². The van der Waals surface area contributed by atoms with Gasteiger partial charge in [-0.25, -0.2) is 13.4 Å².